The summed E-state index contributed by atoms with van der Waals surface area (Å²) in [7, 11) is -0.682. The molecule has 3 rings (SSSR count). The van der Waals surface area contributed by atoms with Gasteiger partial charge >= 0.3 is 0 Å². The Morgan fingerprint density at radius 3 is 2.79 bits per heavy atom. The lowest BCUT2D eigenvalue weighted by atomic mass is 10.3. The summed E-state index contributed by atoms with van der Waals surface area (Å²) in [6, 6.07) is 4.47. The first kappa shape index (κ1) is 16.7. The van der Waals surface area contributed by atoms with Crippen molar-refractivity contribution in [1.29, 1.82) is 0 Å². The van der Waals surface area contributed by atoms with Gasteiger partial charge in [0.1, 0.15) is 6.33 Å². The molecule has 1 aromatic carbocycles. The van der Waals surface area contributed by atoms with Gasteiger partial charge in [-0.1, -0.05) is 0 Å². The summed E-state index contributed by atoms with van der Waals surface area (Å²) in [6.07, 6.45) is 1.99. The topological polar surface area (TPSA) is 94.8 Å². The minimum Gasteiger partial charge on any atom is -0.493 e. The number of nitrogens with one attached hydrogen (secondary N) is 1. The van der Waals surface area contributed by atoms with Crippen molar-refractivity contribution in [1.82, 2.24) is 19.3 Å². The first-order valence-corrected chi connectivity index (χ1v) is 9.39. The van der Waals surface area contributed by atoms with Gasteiger partial charge in [-0.3, -0.25) is 0 Å². The summed E-state index contributed by atoms with van der Waals surface area (Å²) in [5.74, 6) is 0.839. The maximum absolute atomic E-state index is 12.4. The zero-order chi connectivity index (χ0) is 17.2. The van der Waals surface area contributed by atoms with Crippen LogP contribution in [0.15, 0.2) is 34.8 Å². The fourth-order valence-corrected chi connectivity index (χ4v) is 4.10. The molecule has 0 radical (unpaired) electrons. The Labute approximate surface area is 143 Å². The molecule has 0 aliphatic carbocycles. The van der Waals surface area contributed by atoms with Crippen LogP contribution in [0.1, 0.15) is 5.69 Å². The van der Waals surface area contributed by atoms with Crippen LogP contribution in [0.2, 0.25) is 0 Å². The molecule has 0 fully saturated rings. The zero-order valence-corrected chi connectivity index (χ0v) is 14.7. The third kappa shape index (κ3) is 3.21. The molecule has 2 aromatic heterocycles. The summed E-state index contributed by atoms with van der Waals surface area (Å²) in [5, 5.41) is 6.02. The molecule has 0 bridgehead atoms. The molecule has 0 spiro atoms. The highest BCUT2D eigenvalue weighted by molar-refractivity contribution is 7.89. The summed E-state index contributed by atoms with van der Waals surface area (Å²) >= 11 is 1.47. The molecule has 0 saturated heterocycles. The number of hydrogen-bond acceptors (Lipinski definition) is 7. The lowest BCUT2D eigenvalue weighted by molar-refractivity contribution is 0.354. The van der Waals surface area contributed by atoms with Crippen molar-refractivity contribution in [2.75, 3.05) is 20.8 Å². The number of methoxy groups -OCH3 is 2. The number of rotatable bonds is 7. The molecular weight excluding hydrogens is 352 g/mol. The summed E-state index contributed by atoms with van der Waals surface area (Å²) < 4.78 is 39.3. The van der Waals surface area contributed by atoms with Crippen molar-refractivity contribution in [2.24, 2.45) is 0 Å². The average Bonchev–Trinajstić information content (AvgIpc) is 3.18. The highest BCUT2D eigenvalue weighted by Crippen LogP contribution is 2.29. The molecule has 0 unspecified atom stereocenters. The van der Waals surface area contributed by atoms with E-state index in [0.29, 0.717) is 17.9 Å². The maximum atomic E-state index is 12.4. The quantitative estimate of drug-likeness (QED) is 0.676. The zero-order valence-electron chi connectivity index (χ0n) is 13.1. The van der Waals surface area contributed by atoms with Gasteiger partial charge < -0.3 is 9.47 Å². The predicted octanol–water partition coefficient (Wildman–Crippen LogP) is 1.33. The van der Waals surface area contributed by atoms with Gasteiger partial charge in [0, 0.05) is 24.4 Å². The van der Waals surface area contributed by atoms with E-state index in [1.165, 1.54) is 44.0 Å². The monoisotopic (exact) mass is 368 g/mol. The first-order valence-electron chi connectivity index (χ1n) is 7.03. The summed E-state index contributed by atoms with van der Waals surface area (Å²) in [5.41, 5.74) is 0.905. The highest BCUT2D eigenvalue weighted by atomic mass is 32.2. The largest absolute Gasteiger partial charge is 0.493 e. The van der Waals surface area contributed by atoms with Crippen LogP contribution in [-0.4, -0.2) is 43.8 Å². The van der Waals surface area contributed by atoms with Gasteiger partial charge in [0.15, 0.2) is 11.5 Å². The van der Waals surface area contributed by atoms with Crippen molar-refractivity contribution in [3.05, 3.63) is 35.6 Å². The normalized spacial score (nSPS) is 11.8. The minimum absolute atomic E-state index is 0.122. The van der Waals surface area contributed by atoms with E-state index in [-0.39, 0.29) is 11.4 Å². The van der Waals surface area contributed by atoms with Crippen LogP contribution in [0, 0.1) is 0 Å². The van der Waals surface area contributed by atoms with Crippen LogP contribution in [-0.2, 0) is 16.4 Å². The highest BCUT2D eigenvalue weighted by Gasteiger charge is 2.17. The SMILES string of the molecule is COc1ccc(S(=O)(=O)NCCc2csc3ncnn23)cc1OC. The van der Waals surface area contributed by atoms with Crippen molar-refractivity contribution >= 4 is 26.3 Å². The summed E-state index contributed by atoms with van der Waals surface area (Å²) in [6.45, 7) is 0.252. The maximum Gasteiger partial charge on any atom is 0.240 e. The molecule has 0 saturated carbocycles. The fraction of sp³-hybridized carbons (Fsp3) is 0.286. The molecule has 0 amide bonds. The van der Waals surface area contributed by atoms with Crippen LogP contribution in [0.4, 0.5) is 0 Å². The lowest BCUT2D eigenvalue weighted by Gasteiger charge is -2.10. The van der Waals surface area contributed by atoms with Crippen molar-refractivity contribution in [2.45, 2.75) is 11.3 Å². The molecule has 0 atom stereocenters. The number of fused-ring (bicyclic) bond motifs is 1. The van der Waals surface area contributed by atoms with E-state index in [2.05, 4.69) is 14.8 Å². The Bertz CT molecular complexity index is 949. The van der Waals surface area contributed by atoms with Crippen LogP contribution < -0.4 is 14.2 Å². The van der Waals surface area contributed by atoms with E-state index >= 15 is 0 Å². The first-order chi connectivity index (χ1) is 11.5. The molecule has 0 aliphatic heterocycles. The minimum atomic E-state index is -3.64. The second-order valence-corrected chi connectivity index (χ2v) is 7.45. The second-order valence-electron chi connectivity index (χ2n) is 4.85. The summed E-state index contributed by atoms with van der Waals surface area (Å²) in [4.78, 5) is 4.99. The Balaban J connectivity index is 1.71. The smallest absolute Gasteiger partial charge is 0.240 e. The van der Waals surface area contributed by atoms with E-state index in [1.807, 2.05) is 5.38 Å². The number of sulfonamides is 1. The number of nitrogens with zero attached hydrogens (tertiary/aromatic N) is 3. The van der Waals surface area contributed by atoms with Crippen molar-refractivity contribution in [3.63, 3.8) is 0 Å². The number of hydrogen-bond donors (Lipinski definition) is 1. The average molecular weight is 368 g/mol. The van der Waals surface area contributed by atoms with E-state index in [4.69, 9.17) is 9.47 Å². The third-order valence-electron chi connectivity index (χ3n) is 3.43. The van der Waals surface area contributed by atoms with E-state index in [0.717, 1.165) is 10.7 Å². The molecule has 8 nitrogen and oxygen atoms in total. The van der Waals surface area contributed by atoms with Crippen molar-refractivity contribution < 1.29 is 17.9 Å². The van der Waals surface area contributed by atoms with Crippen LogP contribution >= 0.6 is 11.3 Å². The molecule has 128 valence electrons. The Kier molecular flexibility index (Phi) is 4.69. The molecule has 24 heavy (non-hydrogen) atoms. The van der Waals surface area contributed by atoms with Gasteiger partial charge in [-0.15, -0.1) is 11.3 Å². The third-order valence-corrected chi connectivity index (χ3v) is 5.77. The van der Waals surface area contributed by atoms with Gasteiger partial charge in [-0.05, 0) is 12.1 Å². The van der Waals surface area contributed by atoms with Crippen LogP contribution in [0.5, 0.6) is 11.5 Å². The number of benzene rings is 1. The van der Waals surface area contributed by atoms with Crippen LogP contribution in [0.3, 0.4) is 0 Å². The number of ether oxygens (including phenoxy) is 2. The van der Waals surface area contributed by atoms with Gasteiger partial charge in [-0.2, -0.15) is 5.10 Å². The molecule has 2 heterocycles. The lowest BCUT2D eigenvalue weighted by Crippen LogP contribution is -2.26. The van der Waals surface area contributed by atoms with Gasteiger partial charge in [0.2, 0.25) is 15.0 Å². The molecule has 1 N–H and O–H groups in total. The molecular formula is C14H16N4O4S2. The Morgan fingerprint density at radius 1 is 1.25 bits per heavy atom. The Morgan fingerprint density at radius 2 is 2.04 bits per heavy atom. The van der Waals surface area contributed by atoms with Gasteiger partial charge in [0.05, 0.1) is 24.8 Å². The van der Waals surface area contributed by atoms with Gasteiger partial charge in [0.25, 0.3) is 0 Å². The predicted molar refractivity (Wildman–Crippen MR) is 89.3 cm³/mol. The molecule has 10 heteroatoms. The van der Waals surface area contributed by atoms with Crippen LogP contribution in [0.25, 0.3) is 4.96 Å². The second kappa shape index (κ2) is 6.75. The van der Waals surface area contributed by atoms with E-state index in [9.17, 15) is 8.42 Å². The standard InChI is InChI=1S/C14H16N4O4S2/c1-21-12-4-3-11(7-13(12)22-2)24(19,20)17-6-5-10-8-23-14-15-9-16-18(10)14/h3-4,7-9,17H,5-6H2,1-2H3. The molecule has 0 aliphatic rings. The van der Waals surface area contributed by atoms with Gasteiger partial charge in [-0.25, -0.2) is 22.6 Å². The van der Waals surface area contributed by atoms with E-state index in [1.54, 1.807) is 10.6 Å². The van der Waals surface area contributed by atoms with Crippen molar-refractivity contribution in [3.8, 4) is 11.5 Å². The molecule has 3 aromatic rings. The number of aromatic nitrogens is 3. The Hall–Kier alpha value is -2.17. The number of thiazole rings is 1. The van der Waals surface area contributed by atoms with E-state index < -0.39 is 10.0 Å². The fourth-order valence-electron chi connectivity index (χ4n) is 2.22.